The first-order chi connectivity index (χ1) is 5.95. The van der Waals surface area contributed by atoms with Gasteiger partial charge in [-0.05, 0) is 36.8 Å². The van der Waals surface area contributed by atoms with Crippen LogP contribution in [0.1, 0.15) is 24.6 Å². The van der Waals surface area contributed by atoms with Crippen LogP contribution in [0.3, 0.4) is 0 Å². The fourth-order valence-corrected chi connectivity index (χ4v) is 2.11. The summed E-state index contributed by atoms with van der Waals surface area (Å²) in [5.74, 6) is 2.97. The zero-order valence-corrected chi connectivity index (χ0v) is 6.99. The predicted octanol–water partition coefficient (Wildman–Crippen LogP) is 1.95. The number of furan rings is 1. The van der Waals surface area contributed by atoms with Crippen LogP contribution in [0.2, 0.25) is 0 Å². The maximum Gasteiger partial charge on any atom is 0.121 e. The summed E-state index contributed by atoms with van der Waals surface area (Å²) >= 11 is 0. The highest BCUT2D eigenvalue weighted by Gasteiger charge is 2.43. The van der Waals surface area contributed by atoms with Crippen molar-refractivity contribution in [2.24, 2.45) is 11.8 Å². The van der Waals surface area contributed by atoms with E-state index in [1.807, 2.05) is 6.07 Å². The molecule has 2 atom stereocenters. The molecule has 2 nitrogen and oxygen atoms in total. The monoisotopic (exact) mass is 163 g/mol. The first kappa shape index (κ1) is 6.72. The third-order valence-corrected chi connectivity index (χ3v) is 3.08. The number of rotatable bonds is 2. The van der Waals surface area contributed by atoms with E-state index in [-0.39, 0.29) is 0 Å². The van der Waals surface area contributed by atoms with E-state index < -0.39 is 0 Å². The number of hydrogen-bond acceptors (Lipinski definition) is 2. The van der Waals surface area contributed by atoms with E-state index in [1.54, 1.807) is 6.26 Å². The van der Waals surface area contributed by atoms with Crippen molar-refractivity contribution in [1.82, 2.24) is 5.32 Å². The highest BCUT2D eigenvalue weighted by molar-refractivity contribution is 5.12. The minimum absolute atomic E-state index is 0.521. The third-order valence-electron chi connectivity index (χ3n) is 3.08. The average molecular weight is 163 g/mol. The molecular formula is C10H13NO. The van der Waals surface area contributed by atoms with Gasteiger partial charge in [-0.15, -0.1) is 0 Å². The van der Waals surface area contributed by atoms with Gasteiger partial charge in [0.2, 0.25) is 0 Å². The highest BCUT2D eigenvalue weighted by Crippen LogP contribution is 2.46. The zero-order valence-electron chi connectivity index (χ0n) is 6.99. The molecule has 0 bridgehead atoms. The molecule has 64 valence electrons. The minimum atomic E-state index is 0.521. The third kappa shape index (κ3) is 0.911. The summed E-state index contributed by atoms with van der Waals surface area (Å²) in [6.07, 6.45) is 4.63. The smallest absolute Gasteiger partial charge is 0.121 e. The van der Waals surface area contributed by atoms with Gasteiger partial charge in [-0.25, -0.2) is 0 Å². The maximum absolute atomic E-state index is 5.38. The molecule has 2 aliphatic rings. The number of hydrogen-bond donors (Lipinski definition) is 1. The van der Waals surface area contributed by atoms with Gasteiger partial charge < -0.3 is 9.73 Å². The average Bonchev–Trinajstić information content (AvgIpc) is 2.65. The van der Waals surface area contributed by atoms with Crippen LogP contribution >= 0.6 is 0 Å². The first-order valence-electron chi connectivity index (χ1n) is 4.72. The van der Waals surface area contributed by atoms with Crippen molar-refractivity contribution in [3.05, 3.63) is 24.2 Å². The van der Waals surface area contributed by atoms with Crippen molar-refractivity contribution in [3.63, 3.8) is 0 Å². The lowest BCUT2D eigenvalue weighted by Crippen LogP contribution is -2.46. The topological polar surface area (TPSA) is 25.2 Å². The van der Waals surface area contributed by atoms with E-state index in [4.69, 9.17) is 4.42 Å². The van der Waals surface area contributed by atoms with Gasteiger partial charge in [0.1, 0.15) is 5.76 Å². The van der Waals surface area contributed by atoms with Gasteiger partial charge in [0.25, 0.3) is 0 Å². The van der Waals surface area contributed by atoms with Gasteiger partial charge in [0, 0.05) is 6.54 Å². The molecule has 2 heteroatoms. The molecule has 2 unspecified atom stereocenters. The van der Waals surface area contributed by atoms with Gasteiger partial charge in [0.05, 0.1) is 12.3 Å². The van der Waals surface area contributed by atoms with Gasteiger partial charge in [0.15, 0.2) is 0 Å². The summed E-state index contributed by atoms with van der Waals surface area (Å²) in [6.45, 7) is 1.19. The van der Waals surface area contributed by atoms with Crippen molar-refractivity contribution in [2.45, 2.75) is 18.9 Å². The van der Waals surface area contributed by atoms with Crippen molar-refractivity contribution in [3.8, 4) is 0 Å². The Morgan fingerprint density at radius 2 is 2.33 bits per heavy atom. The first-order valence-corrected chi connectivity index (χ1v) is 4.72. The van der Waals surface area contributed by atoms with Gasteiger partial charge in [-0.3, -0.25) is 0 Å². The summed E-state index contributed by atoms with van der Waals surface area (Å²) in [7, 11) is 0. The van der Waals surface area contributed by atoms with Gasteiger partial charge in [-0.1, -0.05) is 0 Å². The highest BCUT2D eigenvalue weighted by atomic mass is 16.3. The summed E-state index contributed by atoms with van der Waals surface area (Å²) in [4.78, 5) is 0. The Labute approximate surface area is 72.0 Å². The Hall–Kier alpha value is -0.760. The molecule has 0 amide bonds. The Kier molecular flexibility index (Phi) is 1.32. The normalized spacial score (nSPS) is 34.7. The molecule has 12 heavy (non-hydrogen) atoms. The van der Waals surface area contributed by atoms with Crippen LogP contribution < -0.4 is 5.32 Å². The van der Waals surface area contributed by atoms with Crippen molar-refractivity contribution in [1.29, 1.82) is 0 Å². The van der Waals surface area contributed by atoms with Crippen LogP contribution in [0.15, 0.2) is 22.8 Å². The van der Waals surface area contributed by atoms with E-state index in [0.717, 1.165) is 17.6 Å². The summed E-state index contributed by atoms with van der Waals surface area (Å²) in [5.41, 5.74) is 0. The standard InChI is InChI=1S/C10H13NO/c1-2-9(12-5-1)10-8(6-11-10)7-3-4-7/h1-2,5,7-8,10-11H,3-4,6H2. The van der Waals surface area contributed by atoms with E-state index in [9.17, 15) is 0 Å². The zero-order chi connectivity index (χ0) is 7.97. The van der Waals surface area contributed by atoms with Crippen LogP contribution in [0.4, 0.5) is 0 Å². The van der Waals surface area contributed by atoms with Crippen molar-refractivity contribution in [2.75, 3.05) is 6.54 Å². The van der Waals surface area contributed by atoms with E-state index in [2.05, 4.69) is 11.4 Å². The SMILES string of the molecule is c1coc(C2NCC2C2CC2)c1. The molecule has 1 saturated carbocycles. The Bertz CT molecular complexity index is 263. The van der Waals surface area contributed by atoms with Crippen LogP contribution in [-0.4, -0.2) is 6.54 Å². The lowest BCUT2D eigenvalue weighted by Gasteiger charge is -2.36. The predicted molar refractivity (Wildman–Crippen MR) is 45.7 cm³/mol. The summed E-state index contributed by atoms with van der Waals surface area (Å²) < 4.78 is 5.38. The fourth-order valence-electron chi connectivity index (χ4n) is 2.11. The molecule has 1 saturated heterocycles. The molecule has 0 spiro atoms. The largest absolute Gasteiger partial charge is 0.468 e. The van der Waals surface area contributed by atoms with Crippen molar-refractivity contribution < 1.29 is 4.42 Å². The van der Waals surface area contributed by atoms with Crippen LogP contribution in [0.25, 0.3) is 0 Å². The Balaban J connectivity index is 1.77. The Morgan fingerprint density at radius 1 is 1.42 bits per heavy atom. The molecule has 3 rings (SSSR count). The maximum atomic E-state index is 5.38. The lowest BCUT2D eigenvalue weighted by atomic mass is 9.85. The lowest BCUT2D eigenvalue weighted by molar-refractivity contribution is 0.179. The number of nitrogens with one attached hydrogen (secondary N) is 1. The molecule has 0 aromatic carbocycles. The quantitative estimate of drug-likeness (QED) is 0.720. The molecular weight excluding hydrogens is 150 g/mol. The summed E-state index contributed by atoms with van der Waals surface area (Å²) in [6, 6.07) is 4.57. The van der Waals surface area contributed by atoms with Gasteiger partial charge in [-0.2, -0.15) is 0 Å². The summed E-state index contributed by atoms with van der Waals surface area (Å²) in [5, 5.41) is 3.43. The molecule has 2 heterocycles. The van der Waals surface area contributed by atoms with E-state index in [1.165, 1.54) is 19.4 Å². The van der Waals surface area contributed by atoms with Gasteiger partial charge >= 0.3 is 0 Å². The molecule has 1 N–H and O–H groups in total. The van der Waals surface area contributed by atoms with Crippen LogP contribution in [0, 0.1) is 11.8 Å². The van der Waals surface area contributed by atoms with Crippen LogP contribution in [0.5, 0.6) is 0 Å². The van der Waals surface area contributed by atoms with E-state index >= 15 is 0 Å². The second-order valence-corrected chi connectivity index (χ2v) is 3.90. The Morgan fingerprint density at radius 3 is 2.83 bits per heavy atom. The fraction of sp³-hybridized carbons (Fsp3) is 0.600. The van der Waals surface area contributed by atoms with E-state index in [0.29, 0.717) is 6.04 Å². The molecule has 0 radical (unpaired) electrons. The molecule has 2 fully saturated rings. The second kappa shape index (κ2) is 2.36. The molecule has 1 aliphatic heterocycles. The molecule has 1 aromatic rings. The van der Waals surface area contributed by atoms with Crippen molar-refractivity contribution >= 4 is 0 Å². The van der Waals surface area contributed by atoms with Crippen LogP contribution in [-0.2, 0) is 0 Å². The minimum Gasteiger partial charge on any atom is -0.468 e. The molecule has 1 aromatic heterocycles. The molecule has 1 aliphatic carbocycles. The second-order valence-electron chi connectivity index (χ2n) is 3.90.